The van der Waals surface area contributed by atoms with E-state index >= 15 is 0 Å². The number of hydrogen-bond donors (Lipinski definition) is 2. The van der Waals surface area contributed by atoms with Gasteiger partial charge in [-0.2, -0.15) is 0 Å². The molecule has 1 aliphatic heterocycles. The van der Waals surface area contributed by atoms with Crippen LogP contribution >= 0.6 is 11.6 Å². The van der Waals surface area contributed by atoms with Crippen molar-refractivity contribution in [3.8, 4) is 0 Å². The number of hydrogen-bond acceptors (Lipinski definition) is 3. The first kappa shape index (κ1) is 17.8. The number of aliphatic hydroxyl groups excluding tert-OH is 1. The molecule has 1 aromatic carbocycles. The topological polar surface area (TPSA) is 69.6 Å². The van der Waals surface area contributed by atoms with Crippen molar-refractivity contribution < 1.29 is 14.7 Å². The molecule has 0 saturated carbocycles. The van der Waals surface area contributed by atoms with Crippen molar-refractivity contribution in [1.29, 1.82) is 0 Å². The maximum absolute atomic E-state index is 12.1. The Bertz CT molecular complexity index is 557. The summed E-state index contributed by atoms with van der Waals surface area (Å²) in [4.78, 5) is 25.8. The summed E-state index contributed by atoms with van der Waals surface area (Å²) in [6.07, 6.45) is 1.29. The summed E-state index contributed by atoms with van der Waals surface area (Å²) >= 11 is 5.94. The molecule has 1 atom stereocenters. The zero-order valence-electron chi connectivity index (χ0n) is 13.3. The number of halogens is 1. The van der Waals surface area contributed by atoms with E-state index in [0.717, 1.165) is 5.56 Å². The Labute approximate surface area is 141 Å². The largest absolute Gasteiger partial charge is 0.393 e. The fourth-order valence-electron chi connectivity index (χ4n) is 2.67. The van der Waals surface area contributed by atoms with Gasteiger partial charge in [-0.25, -0.2) is 0 Å². The highest BCUT2D eigenvalue weighted by Gasteiger charge is 2.21. The van der Waals surface area contributed by atoms with E-state index in [1.165, 1.54) is 0 Å². The Morgan fingerprint density at radius 2 is 2.04 bits per heavy atom. The summed E-state index contributed by atoms with van der Waals surface area (Å²) in [6, 6.07) is 7.20. The fraction of sp³-hybridized carbons (Fsp3) is 0.529. The Hall–Kier alpha value is -1.59. The van der Waals surface area contributed by atoms with Crippen molar-refractivity contribution in [2.75, 3.05) is 13.1 Å². The van der Waals surface area contributed by atoms with Crippen LogP contribution in [0, 0.1) is 0 Å². The molecule has 6 heteroatoms. The van der Waals surface area contributed by atoms with Crippen molar-refractivity contribution in [2.24, 2.45) is 0 Å². The smallest absolute Gasteiger partial charge is 0.223 e. The highest BCUT2D eigenvalue weighted by atomic mass is 35.5. The maximum atomic E-state index is 12.1. The van der Waals surface area contributed by atoms with Crippen LogP contribution in [-0.4, -0.2) is 41.0 Å². The van der Waals surface area contributed by atoms with E-state index in [1.54, 1.807) is 11.0 Å². The Kier molecular flexibility index (Phi) is 6.42. The highest BCUT2D eigenvalue weighted by molar-refractivity contribution is 6.30. The molecule has 0 aliphatic carbocycles. The van der Waals surface area contributed by atoms with E-state index in [-0.39, 0.29) is 36.8 Å². The third-order valence-electron chi connectivity index (χ3n) is 4.11. The number of amides is 2. The summed E-state index contributed by atoms with van der Waals surface area (Å²) < 4.78 is 0. The number of benzene rings is 1. The van der Waals surface area contributed by atoms with Gasteiger partial charge in [0.2, 0.25) is 11.8 Å². The van der Waals surface area contributed by atoms with Crippen LogP contribution in [0.2, 0.25) is 5.02 Å². The van der Waals surface area contributed by atoms with Gasteiger partial charge in [0.15, 0.2) is 0 Å². The van der Waals surface area contributed by atoms with Crippen molar-refractivity contribution in [3.05, 3.63) is 34.9 Å². The third-order valence-corrected chi connectivity index (χ3v) is 4.34. The van der Waals surface area contributed by atoms with E-state index in [9.17, 15) is 14.7 Å². The van der Waals surface area contributed by atoms with Crippen LogP contribution in [0.15, 0.2) is 24.3 Å². The molecule has 5 nitrogen and oxygen atoms in total. The first-order valence-electron chi connectivity index (χ1n) is 7.96. The summed E-state index contributed by atoms with van der Waals surface area (Å²) in [5, 5.41) is 13.0. The average Bonchev–Trinajstić information content (AvgIpc) is 2.53. The second-order valence-electron chi connectivity index (χ2n) is 5.96. The molecule has 2 rings (SSSR count). The van der Waals surface area contributed by atoms with E-state index in [1.807, 2.05) is 25.1 Å². The quantitative estimate of drug-likeness (QED) is 0.865. The average molecular weight is 339 g/mol. The van der Waals surface area contributed by atoms with Crippen molar-refractivity contribution in [2.45, 2.75) is 44.8 Å². The van der Waals surface area contributed by atoms with E-state index < -0.39 is 0 Å². The lowest BCUT2D eigenvalue weighted by Crippen LogP contribution is -2.40. The van der Waals surface area contributed by atoms with E-state index in [2.05, 4.69) is 5.32 Å². The molecule has 0 radical (unpaired) electrons. The SMILES string of the molecule is CC(NC(=O)CCC(=O)N1CCC(O)CC1)c1cccc(Cl)c1. The Balaban J connectivity index is 1.75. The first-order valence-corrected chi connectivity index (χ1v) is 8.34. The van der Waals surface area contributed by atoms with Gasteiger partial charge < -0.3 is 15.3 Å². The fourth-order valence-corrected chi connectivity index (χ4v) is 2.87. The second-order valence-corrected chi connectivity index (χ2v) is 6.39. The maximum Gasteiger partial charge on any atom is 0.223 e. The van der Waals surface area contributed by atoms with Crippen LogP contribution in [0.25, 0.3) is 0 Å². The van der Waals surface area contributed by atoms with Crippen LogP contribution in [0.4, 0.5) is 0 Å². The zero-order chi connectivity index (χ0) is 16.8. The molecule has 1 unspecified atom stereocenters. The third kappa shape index (κ3) is 5.52. The lowest BCUT2D eigenvalue weighted by molar-refractivity contribution is -0.135. The minimum Gasteiger partial charge on any atom is -0.393 e. The number of carbonyl (C=O) groups is 2. The molecule has 1 aromatic rings. The van der Waals surface area contributed by atoms with Gasteiger partial charge in [0.05, 0.1) is 12.1 Å². The van der Waals surface area contributed by atoms with Gasteiger partial charge in [-0.05, 0) is 37.5 Å². The number of nitrogens with zero attached hydrogens (tertiary/aromatic N) is 1. The summed E-state index contributed by atoms with van der Waals surface area (Å²) in [7, 11) is 0. The van der Waals surface area contributed by atoms with E-state index in [0.29, 0.717) is 31.0 Å². The molecule has 0 bridgehead atoms. The molecule has 126 valence electrons. The minimum absolute atomic E-state index is 0.0255. The monoisotopic (exact) mass is 338 g/mol. The first-order chi connectivity index (χ1) is 11.0. The number of aliphatic hydroxyl groups is 1. The molecule has 1 heterocycles. The lowest BCUT2D eigenvalue weighted by Gasteiger charge is -2.29. The molecule has 23 heavy (non-hydrogen) atoms. The van der Waals surface area contributed by atoms with Gasteiger partial charge in [-0.3, -0.25) is 9.59 Å². The van der Waals surface area contributed by atoms with Gasteiger partial charge in [-0.1, -0.05) is 23.7 Å². The molecular formula is C17H23ClN2O3. The molecule has 1 aliphatic rings. The zero-order valence-corrected chi connectivity index (χ0v) is 14.1. The predicted octanol–water partition coefficient (Wildman–Crippen LogP) is 2.28. The van der Waals surface area contributed by atoms with Gasteiger partial charge in [0, 0.05) is 31.0 Å². The summed E-state index contributed by atoms with van der Waals surface area (Å²) in [6.45, 7) is 3.03. The van der Waals surface area contributed by atoms with Crippen molar-refractivity contribution in [3.63, 3.8) is 0 Å². The molecule has 1 fully saturated rings. The number of piperidine rings is 1. The Morgan fingerprint density at radius 3 is 2.70 bits per heavy atom. The van der Waals surface area contributed by atoms with Crippen molar-refractivity contribution >= 4 is 23.4 Å². The van der Waals surface area contributed by atoms with E-state index in [4.69, 9.17) is 11.6 Å². The number of carbonyl (C=O) groups excluding carboxylic acids is 2. The molecule has 0 aromatic heterocycles. The van der Waals surface area contributed by atoms with Gasteiger partial charge in [0.1, 0.15) is 0 Å². The lowest BCUT2D eigenvalue weighted by atomic mass is 10.1. The van der Waals surface area contributed by atoms with Gasteiger partial charge in [0.25, 0.3) is 0 Å². The minimum atomic E-state index is -0.305. The standard InChI is InChI=1S/C17H23ClN2O3/c1-12(13-3-2-4-14(18)11-13)19-16(22)5-6-17(23)20-9-7-15(21)8-10-20/h2-4,11-12,15,21H,5-10H2,1H3,(H,19,22). The second kappa shape index (κ2) is 8.31. The molecular weight excluding hydrogens is 316 g/mol. The van der Waals surface area contributed by atoms with Gasteiger partial charge in [-0.15, -0.1) is 0 Å². The number of likely N-dealkylation sites (tertiary alicyclic amines) is 1. The van der Waals surface area contributed by atoms with Crippen LogP contribution in [-0.2, 0) is 9.59 Å². The number of nitrogens with one attached hydrogen (secondary N) is 1. The highest BCUT2D eigenvalue weighted by Crippen LogP contribution is 2.17. The molecule has 0 spiro atoms. The molecule has 1 saturated heterocycles. The van der Waals surface area contributed by atoms with Crippen LogP contribution in [0.3, 0.4) is 0 Å². The normalized spacial score (nSPS) is 16.9. The molecule has 2 N–H and O–H groups in total. The Morgan fingerprint density at radius 1 is 1.35 bits per heavy atom. The van der Waals surface area contributed by atoms with Crippen LogP contribution in [0.1, 0.15) is 44.2 Å². The molecule has 2 amide bonds. The van der Waals surface area contributed by atoms with Crippen LogP contribution in [0.5, 0.6) is 0 Å². The van der Waals surface area contributed by atoms with Crippen molar-refractivity contribution in [1.82, 2.24) is 10.2 Å². The van der Waals surface area contributed by atoms with Gasteiger partial charge >= 0.3 is 0 Å². The van der Waals surface area contributed by atoms with Crippen LogP contribution < -0.4 is 5.32 Å². The predicted molar refractivity (Wildman–Crippen MR) is 89.1 cm³/mol. The summed E-state index contributed by atoms with van der Waals surface area (Å²) in [5.41, 5.74) is 0.933. The summed E-state index contributed by atoms with van der Waals surface area (Å²) in [5.74, 6) is -0.176. The number of rotatable bonds is 5.